The predicted octanol–water partition coefficient (Wildman–Crippen LogP) is 10.7. The molecule has 0 aromatic heterocycles. The standard InChI is InChI=1S/C35H50F2O/c1-3-7-26-15-18-30(19-16-26)32-22-20-31(25-35(32)37)33-21-17-29(24-34(33)36)9-5-4-8-27-11-13-28(14-12-27)10-6-23-38-2/h17,20-22,24-28,30H,3-16,18-19,23H2,1-2H3. The van der Waals surface area contributed by atoms with Crippen molar-refractivity contribution in [1.29, 1.82) is 0 Å². The summed E-state index contributed by atoms with van der Waals surface area (Å²) in [6, 6.07) is 10.9. The van der Waals surface area contributed by atoms with Gasteiger partial charge >= 0.3 is 0 Å². The van der Waals surface area contributed by atoms with E-state index in [0.29, 0.717) is 17.0 Å². The van der Waals surface area contributed by atoms with Gasteiger partial charge in [0, 0.05) is 19.3 Å². The molecule has 1 nitrogen and oxygen atoms in total. The van der Waals surface area contributed by atoms with Crippen LogP contribution < -0.4 is 0 Å². The molecule has 2 fully saturated rings. The molecule has 0 amide bonds. The molecule has 210 valence electrons. The topological polar surface area (TPSA) is 9.23 Å². The Balaban J connectivity index is 1.22. The second kappa shape index (κ2) is 15.2. The Morgan fingerprint density at radius 2 is 1.37 bits per heavy atom. The SMILES string of the molecule is CCCC1CCC(c2ccc(-c3ccc(CCCCC4CCC(CCCOC)CC4)cc3F)cc2F)CC1. The molecule has 2 saturated carbocycles. The van der Waals surface area contributed by atoms with Crippen molar-refractivity contribution >= 4 is 0 Å². The molecule has 3 heteroatoms. The van der Waals surface area contributed by atoms with Gasteiger partial charge in [-0.2, -0.15) is 0 Å². The van der Waals surface area contributed by atoms with Crippen molar-refractivity contribution in [1.82, 2.24) is 0 Å². The third-order valence-electron chi connectivity index (χ3n) is 9.58. The van der Waals surface area contributed by atoms with Gasteiger partial charge in [0.15, 0.2) is 0 Å². The average Bonchev–Trinajstić information content (AvgIpc) is 2.93. The van der Waals surface area contributed by atoms with Crippen LogP contribution in [0.25, 0.3) is 11.1 Å². The Kier molecular flexibility index (Phi) is 11.7. The molecule has 4 rings (SSSR count). The number of ether oxygens (including phenoxy) is 1. The first-order valence-corrected chi connectivity index (χ1v) is 15.6. The van der Waals surface area contributed by atoms with E-state index in [4.69, 9.17) is 4.74 Å². The van der Waals surface area contributed by atoms with Crippen LogP contribution in [0.3, 0.4) is 0 Å². The van der Waals surface area contributed by atoms with Gasteiger partial charge in [-0.05, 0) is 104 Å². The van der Waals surface area contributed by atoms with E-state index in [2.05, 4.69) is 6.92 Å². The van der Waals surface area contributed by atoms with E-state index in [0.717, 1.165) is 61.2 Å². The van der Waals surface area contributed by atoms with E-state index in [1.54, 1.807) is 19.2 Å². The summed E-state index contributed by atoms with van der Waals surface area (Å²) < 4.78 is 35.3. The van der Waals surface area contributed by atoms with Crippen molar-refractivity contribution in [3.8, 4) is 11.1 Å². The average molecular weight is 525 g/mol. The first kappa shape index (κ1) is 29.2. The zero-order valence-corrected chi connectivity index (χ0v) is 24.0. The van der Waals surface area contributed by atoms with Gasteiger partial charge in [0.2, 0.25) is 0 Å². The van der Waals surface area contributed by atoms with Gasteiger partial charge in [-0.3, -0.25) is 0 Å². The molecule has 2 aromatic carbocycles. The van der Waals surface area contributed by atoms with E-state index in [1.807, 2.05) is 24.3 Å². The molecule has 0 bridgehead atoms. The van der Waals surface area contributed by atoms with Crippen LogP contribution in [0.15, 0.2) is 36.4 Å². The minimum absolute atomic E-state index is 0.172. The monoisotopic (exact) mass is 524 g/mol. The van der Waals surface area contributed by atoms with Gasteiger partial charge in [-0.15, -0.1) is 0 Å². The summed E-state index contributed by atoms with van der Waals surface area (Å²) in [6.45, 7) is 3.14. The highest BCUT2D eigenvalue weighted by molar-refractivity contribution is 5.65. The smallest absolute Gasteiger partial charge is 0.131 e. The summed E-state index contributed by atoms with van der Waals surface area (Å²) in [5, 5.41) is 0. The van der Waals surface area contributed by atoms with Gasteiger partial charge < -0.3 is 4.74 Å². The van der Waals surface area contributed by atoms with Crippen molar-refractivity contribution in [2.24, 2.45) is 17.8 Å². The summed E-state index contributed by atoms with van der Waals surface area (Å²) in [4.78, 5) is 0. The van der Waals surface area contributed by atoms with E-state index in [9.17, 15) is 0 Å². The highest BCUT2D eigenvalue weighted by atomic mass is 19.1. The summed E-state index contributed by atoms with van der Waals surface area (Å²) in [5.74, 6) is 2.48. The number of methoxy groups -OCH3 is 1. The lowest BCUT2D eigenvalue weighted by atomic mass is 9.77. The quantitative estimate of drug-likeness (QED) is 0.237. The van der Waals surface area contributed by atoms with E-state index in [1.165, 1.54) is 77.0 Å². The molecule has 0 saturated heterocycles. The Morgan fingerprint density at radius 3 is 2.00 bits per heavy atom. The van der Waals surface area contributed by atoms with Crippen LogP contribution in [-0.4, -0.2) is 13.7 Å². The van der Waals surface area contributed by atoms with Gasteiger partial charge in [0.1, 0.15) is 11.6 Å². The zero-order chi connectivity index (χ0) is 26.7. The molecule has 0 spiro atoms. The van der Waals surface area contributed by atoms with Gasteiger partial charge in [0.05, 0.1) is 0 Å². The lowest BCUT2D eigenvalue weighted by molar-refractivity contribution is 0.175. The highest BCUT2D eigenvalue weighted by Gasteiger charge is 2.24. The summed E-state index contributed by atoms with van der Waals surface area (Å²) in [5.41, 5.74) is 3.02. The summed E-state index contributed by atoms with van der Waals surface area (Å²) in [6.07, 6.45) is 19.6. The molecule has 38 heavy (non-hydrogen) atoms. The fourth-order valence-electron chi connectivity index (χ4n) is 7.23. The van der Waals surface area contributed by atoms with Crippen LogP contribution in [0.5, 0.6) is 0 Å². The molecule has 0 heterocycles. The summed E-state index contributed by atoms with van der Waals surface area (Å²) >= 11 is 0. The van der Waals surface area contributed by atoms with Crippen molar-refractivity contribution in [3.05, 3.63) is 59.2 Å². The number of benzene rings is 2. The van der Waals surface area contributed by atoms with E-state index in [-0.39, 0.29) is 11.6 Å². The third kappa shape index (κ3) is 8.38. The fraction of sp³-hybridized carbons (Fsp3) is 0.657. The van der Waals surface area contributed by atoms with Crippen molar-refractivity contribution in [2.75, 3.05) is 13.7 Å². The normalized spacial score (nSPS) is 24.0. The first-order valence-electron chi connectivity index (χ1n) is 15.6. The van der Waals surface area contributed by atoms with E-state index < -0.39 is 0 Å². The lowest BCUT2D eigenvalue weighted by Crippen LogP contribution is -2.15. The Bertz CT molecular complexity index is 970. The number of hydrogen-bond acceptors (Lipinski definition) is 1. The molecule has 0 atom stereocenters. The number of halogens is 2. The Morgan fingerprint density at radius 1 is 0.711 bits per heavy atom. The highest BCUT2D eigenvalue weighted by Crippen LogP contribution is 2.39. The summed E-state index contributed by atoms with van der Waals surface area (Å²) in [7, 11) is 1.79. The minimum Gasteiger partial charge on any atom is -0.385 e. The molecule has 0 unspecified atom stereocenters. The van der Waals surface area contributed by atoms with Crippen LogP contribution in [0, 0.1) is 29.4 Å². The number of aryl methyl sites for hydroxylation is 1. The van der Waals surface area contributed by atoms with E-state index >= 15 is 8.78 Å². The van der Waals surface area contributed by atoms with Crippen molar-refractivity contribution < 1.29 is 13.5 Å². The van der Waals surface area contributed by atoms with Crippen molar-refractivity contribution in [3.63, 3.8) is 0 Å². The first-order chi connectivity index (χ1) is 18.6. The number of hydrogen-bond donors (Lipinski definition) is 0. The largest absolute Gasteiger partial charge is 0.385 e. The maximum absolute atomic E-state index is 15.1. The Hall–Kier alpha value is -1.74. The van der Waals surface area contributed by atoms with Crippen LogP contribution in [0.2, 0.25) is 0 Å². The van der Waals surface area contributed by atoms with Crippen molar-refractivity contribution in [2.45, 2.75) is 116 Å². The maximum atomic E-state index is 15.1. The van der Waals surface area contributed by atoms with Gasteiger partial charge in [0.25, 0.3) is 0 Å². The third-order valence-corrected chi connectivity index (χ3v) is 9.58. The number of rotatable bonds is 13. The van der Waals surface area contributed by atoms with Gasteiger partial charge in [-0.1, -0.05) is 82.6 Å². The molecule has 2 aromatic rings. The zero-order valence-electron chi connectivity index (χ0n) is 24.0. The second-order valence-electron chi connectivity index (χ2n) is 12.3. The molecule has 0 aliphatic heterocycles. The minimum atomic E-state index is -0.235. The maximum Gasteiger partial charge on any atom is 0.131 e. The lowest BCUT2D eigenvalue weighted by Gasteiger charge is -2.29. The van der Waals surface area contributed by atoms with Crippen LogP contribution in [0.4, 0.5) is 8.78 Å². The second-order valence-corrected chi connectivity index (χ2v) is 12.3. The Labute approximate surface area is 230 Å². The molecule has 0 N–H and O–H groups in total. The molecular formula is C35H50F2O. The van der Waals surface area contributed by atoms with Crippen LogP contribution in [-0.2, 0) is 11.2 Å². The van der Waals surface area contributed by atoms with Crippen LogP contribution in [0.1, 0.15) is 120 Å². The number of unbranched alkanes of at least 4 members (excludes halogenated alkanes) is 1. The van der Waals surface area contributed by atoms with Crippen LogP contribution >= 0.6 is 0 Å². The molecule has 2 aliphatic carbocycles. The van der Waals surface area contributed by atoms with Gasteiger partial charge in [-0.25, -0.2) is 8.78 Å². The molecular weight excluding hydrogens is 474 g/mol. The predicted molar refractivity (Wildman–Crippen MR) is 156 cm³/mol. The molecule has 2 aliphatic rings. The molecule has 0 radical (unpaired) electrons. The fourth-order valence-corrected chi connectivity index (χ4v) is 7.23.